The first-order valence-electron chi connectivity index (χ1n) is 11.5. The third-order valence-corrected chi connectivity index (χ3v) is 5.04. The van der Waals surface area contributed by atoms with Crippen LogP contribution in [0.2, 0.25) is 0 Å². The number of carbonyl (C=O) groups is 1. The maximum Gasteiger partial charge on any atom is 0.323 e. The molecule has 4 rings (SSSR count). The van der Waals surface area contributed by atoms with Gasteiger partial charge in [-0.05, 0) is 86.6 Å². The zero-order valence-corrected chi connectivity index (χ0v) is 20.3. The maximum absolute atomic E-state index is 12.3. The largest absolute Gasteiger partial charge is 0.497 e. The average Bonchev–Trinajstić information content (AvgIpc) is 2.87. The van der Waals surface area contributed by atoms with E-state index in [2.05, 4.69) is 31.2 Å². The summed E-state index contributed by atoms with van der Waals surface area (Å²) in [5.74, 6) is 2.67. The van der Waals surface area contributed by atoms with Gasteiger partial charge < -0.3 is 30.7 Å². The quantitative estimate of drug-likeness (QED) is 0.220. The molecule has 9 nitrogen and oxygen atoms in total. The Morgan fingerprint density at radius 1 is 0.750 bits per heavy atom. The number of urea groups is 1. The highest BCUT2D eigenvalue weighted by Crippen LogP contribution is 2.22. The van der Waals surface area contributed by atoms with Crippen LogP contribution in [0.3, 0.4) is 0 Å². The number of aromatic nitrogens is 2. The fourth-order valence-electron chi connectivity index (χ4n) is 3.37. The van der Waals surface area contributed by atoms with Crippen LogP contribution in [0.5, 0.6) is 11.5 Å². The number of nitrogens with one attached hydrogen (secondary N) is 4. The van der Waals surface area contributed by atoms with Crippen molar-refractivity contribution < 1.29 is 14.3 Å². The van der Waals surface area contributed by atoms with Gasteiger partial charge in [0.15, 0.2) is 0 Å². The van der Waals surface area contributed by atoms with Gasteiger partial charge in [-0.3, -0.25) is 0 Å². The summed E-state index contributed by atoms with van der Waals surface area (Å²) in [5.41, 5.74) is 3.81. The minimum atomic E-state index is -0.337. The fraction of sp³-hybridized carbons (Fsp3) is 0.148. The second-order valence-electron chi connectivity index (χ2n) is 7.81. The highest BCUT2D eigenvalue weighted by atomic mass is 16.5. The number of methoxy groups -OCH3 is 1. The van der Waals surface area contributed by atoms with Gasteiger partial charge in [0.25, 0.3) is 0 Å². The summed E-state index contributed by atoms with van der Waals surface area (Å²) in [7, 11) is 1.63. The smallest absolute Gasteiger partial charge is 0.323 e. The molecule has 4 aromatic rings. The van der Waals surface area contributed by atoms with Gasteiger partial charge in [-0.2, -0.15) is 4.98 Å². The minimum absolute atomic E-state index is 0.337. The highest BCUT2D eigenvalue weighted by molar-refractivity contribution is 5.99. The summed E-state index contributed by atoms with van der Waals surface area (Å²) in [6, 6.07) is 23.6. The Morgan fingerprint density at radius 3 is 1.89 bits per heavy atom. The molecule has 0 spiro atoms. The number of rotatable bonds is 9. The molecule has 0 saturated heterocycles. The first kappa shape index (κ1) is 24.3. The lowest BCUT2D eigenvalue weighted by atomic mass is 10.3. The third kappa shape index (κ3) is 6.86. The molecular formula is C27H28N6O3. The van der Waals surface area contributed by atoms with Crippen molar-refractivity contribution in [1.82, 2.24) is 9.97 Å². The van der Waals surface area contributed by atoms with Crippen molar-refractivity contribution in [3.8, 4) is 11.5 Å². The lowest BCUT2D eigenvalue weighted by molar-refractivity contribution is 0.262. The highest BCUT2D eigenvalue weighted by Gasteiger charge is 2.06. The molecule has 3 aromatic carbocycles. The summed E-state index contributed by atoms with van der Waals surface area (Å²) < 4.78 is 10.6. The molecule has 36 heavy (non-hydrogen) atoms. The molecule has 1 heterocycles. The summed E-state index contributed by atoms with van der Waals surface area (Å²) in [6.07, 6.45) is 0. The van der Waals surface area contributed by atoms with Crippen molar-refractivity contribution in [3.05, 3.63) is 84.6 Å². The first-order chi connectivity index (χ1) is 17.5. The number of hydrogen-bond donors (Lipinski definition) is 4. The van der Waals surface area contributed by atoms with Gasteiger partial charge in [0.1, 0.15) is 17.3 Å². The molecule has 9 heteroatoms. The Labute approximate surface area is 209 Å². The minimum Gasteiger partial charge on any atom is -0.497 e. The van der Waals surface area contributed by atoms with Crippen molar-refractivity contribution >= 4 is 40.5 Å². The van der Waals surface area contributed by atoms with Crippen LogP contribution in [0, 0.1) is 6.92 Å². The molecule has 1 aromatic heterocycles. The Balaban J connectivity index is 1.34. The monoisotopic (exact) mass is 484 g/mol. The molecule has 2 amide bonds. The Bertz CT molecular complexity index is 1290. The Hall–Kier alpha value is -4.79. The van der Waals surface area contributed by atoms with Crippen LogP contribution in [0.25, 0.3) is 0 Å². The van der Waals surface area contributed by atoms with E-state index in [9.17, 15) is 4.79 Å². The number of anilines is 6. The molecule has 0 aliphatic heterocycles. The number of hydrogen-bond acceptors (Lipinski definition) is 7. The van der Waals surface area contributed by atoms with Gasteiger partial charge in [0.2, 0.25) is 5.95 Å². The van der Waals surface area contributed by atoms with E-state index < -0.39 is 0 Å². The summed E-state index contributed by atoms with van der Waals surface area (Å²) in [4.78, 5) is 21.3. The summed E-state index contributed by atoms with van der Waals surface area (Å²) in [6.45, 7) is 4.42. The number of benzene rings is 3. The van der Waals surface area contributed by atoms with Crippen LogP contribution < -0.4 is 30.7 Å². The number of nitrogens with zero attached hydrogens (tertiary/aromatic N) is 2. The molecule has 0 radical (unpaired) electrons. The zero-order valence-electron chi connectivity index (χ0n) is 20.3. The predicted octanol–water partition coefficient (Wildman–Crippen LogP) is 6.32. The number of carbonyl (C=O) groups excluding carboxylic acids is 1. The van der Waals surface area contributed by atoms with Crippen LogP contribution in [-0.2, 0) is 0 Å². The Morgan fingerprint density at radius 2 is 1.28 bits per heavy atom. The van der Waals surface area contributed by atoms with Crippen molar-refractivity contribution in [1.29, 1.82) is 0 Å². The lowest BCUT2D eigenvalue weighted by Gasteiger charge is -2.11. The SMILES string of the molecule is CCOc1ccc(NC(=O)Nc2ccc(Nc3nc(C)cc(Nc4ccc(OC)cc4)n3)cc2)cc1. The van der Waals surface area contributed by atoms with Crippen molar-refractivity contribution in [2.24, 2.45) is 0 Å². The van der Waals surface area contributed by atoms with Gasteiger partial charge in [0, 0.05) is 34.5 Å². The van der Waals surface area contributed by atoms with E-state index in [1.54, 1.807) is 31.4 Å². The van der Waals surface area contributed by atoms with Crippen LogP contribution in [0.1, 0.15) is 12.6 Å². The van der Waals surface area contributed by atoms with Crippen molar-refractivity contribution in [2.45, 2.75) is 13.8 Å². The average molecular weight is 485 g/mol. The van der Waals surface area contributed by atoms with E-state index in [-0.39, 0.29) is 6.03 Å². The van der Waals surface area contributed by atoms with Crippen LogP contribution in [0.4, 0.5) is 39.3 Å². The molecule has 0 aliphatic rings. The van der Waals surface area contributed by atoms with Crippen molar-refractivity contribution in [2.75, 3.05) is 35.0 Å². The van der Waals surface area contributed by atoms with E-state index in [0.717, 1.165) is 28.6 Å². The molecule has 0 atom stereocenters. The third-order valence-electron chi connectivity index (χ3n) is 5.04. The van der Waals surface area contributed by atoms with Gasteiger partial charge in [-0.1, -0.05) is 0 Å². The molecule has 4 N–H and O–H groups in total. The topological polar surface area (TPSA) is 109 Å². The molecule has 0 unspecified atom stereocenters. The summed E-state index contributed by atoms with van der Waals surface area (Å²) >= 11 is 0. The second kappa shape index (κ2) is 11.6. The Kier molecular flexibility index (Phi) is 7.82. The standard InChI is InChI=1S/C27H28N6O3/c1-4-36-24-15-11-22(12-16-24)32-27(34)31-21-7-5-20(6-8-21)30-26-28-18(2)17-25(33-26)29-19-9-13-23(35-3)14-10-19/h5-17H,4H2,1-3H3,(H2,31,32,34)(H2,28,29,30,33). The van der Waals surface area contributed by atoms with Gasteiger partial charge in [0.05, 0.1) is 13.7 Å². The molecule has 0 saturated carbocycles. The molecular weight excluding hydrogens is 456 g/mol. The lowest BCUT2D eigenvalue weighted by Crippen LogP contribution is -2.19. The second-order valence-corrected chi connectivity index (χ2v) is 7.81. The van der Waals surface area contributed by atoms with Gasteiger partial charge in [-0.15, -0.1) is 0 Å². The van der Waals surface area contributed by atoms with Crippen LogP contribution >= 0.6 is 0 Å². The van der Waals surface area contributed by atoms with E-state index in [1.165, 1.54) is 0 Å². The van der Waals surface area contributed by atoms with E-state index in [1.807, 2.05) is 68.4 Å². The maximum atomic E-state index is 12.3. The van der Waals surface area contributed by atoms with Gasteiger partial charge in [-0.25, -0.2) is 9.78 Å². The van der Waals surface area contributed by atoms with Gasteiger partial charge >= 0.3 is 6.03 Å². The fourth-order valence-corrected chi connectivity index (χ4v) is 3.37. The van der Waals surface area contributed by atoms with E-state index in [0.29, 0.717) is 29.7 Å². The number of amides is 2. The summed E-state index contributed by atoms with van der Waals surface area (Å²) in [5, 5.41) is 12.1. The molecule has 0 bridgehead atoms. The van der Waals surface area contributed by atoms with Crippen LogP contribution in [-0.4, -0.2) is 29.7 Å². The van der Waals surface area contributed by atoms with Crippen LogP contribution in [0.15, 0.2) is 78.9 Å². The zero-order chi connectivity index (χ0) is 25.3. The first-order valence-corrected chi connectivity index (χ1v) is 11.5. The molecule has 184 valence electrons. The number of aryl methyl sites for hydroxylation is 1. The normalized spacial score (nSPS) is 10.3. The van der Waals surface area contributed by atoms with E-state index in [4.69, 9.17) is 9.47 Å². The van der Waals surface area contributed by atoms with E-state index >= 15 is 0 Å². The predicted molar refractivity (Wildman–Crippen MR) is 143 cm³/mol. The molecule has 0 aliphatic carbocycles. The van der Waals surface area contributed by atoms with Crippen molar-refractivity contribution in [3.63, 3.8) is 0 Å². The molecule has 0 fully saturated rings. The number of ether oxygens (including phenoxy) is 2.